The molecule has 7 heteroatoms. The van der Waals surface area contributed by atoms with Crippen LogP contribution in [-0.2, 0) is 14.8 Å². The van der Waals surface area contributed by atoms with Crippen LogP contribution in [0.2, 0.25) is 10.0 Å². The minimum Gasteiger partial charge on any atom is -0.380 e. The monoisotopic (exact) mass is 337 g/mol. The Morgan fingerprint density at radius 3 is 2.60 bits per heavy atom. The number of hydrogen-bond donors (Lipinski definition) is 1. The first-order chi connectivity index (χ1) is 9.44. The van der Waals surface area contributed by atoms with Gasteiger partial charge < -0.3 is 4.74 Å². The highest BCUT2D eigenvalue weighted by atomic mass is 35.5. The summed E-state index contributed by atoms with van der Waals surface area (Å²) in [7, 11) is -2.07. The van der Waals surface area contributed by atoms with Crippen LogP contribution in [0.4, 0.5) is 0 Å². The quantitative estimate of drug-likeness (QED) is 0.917. The van der Waals surface area contributed by atoms with Gasteiger partial charge in [0.25, 0.3) is 0 Å². The van der Waals surface area contributed by atoms with Crippen molar-refractivity contribution in [3.63, 3.8) is 0 Å². The molecule has 1 aliphatic rings. The Morgan fingerprint density at radius 2 is 1.95 bits per heavy atom. The van der Waals surface area contributed by atoms with E-state index in [-0.39, 0.29) is 22.1 Å². The van der Waals surface area contributed by atoms with Crippen molar-refractivity contribution < 1.29 is 13.2 Å². The summed E-state index contributed by atoms with van der Waals surface area (Å²) in [5, 5.41) is 0.524. The van der Waals surface area contributed by atoms with Crippen molar-refractivity contribution in [2.24, 2.45) is 0 Å². The van der Waals surface area contributed by atoms with Gasteiger partial charge in [0.05, 0.1) is 11.1 Å². The smallest absolute Gasteiger partial charge is 0.242 e. The minimum absolute atomic E-state index is 0.0454. The van der Waals surface area contributed by atoms with E-state index in [1.54, 1.807) is 7.11 Å². The van der Waals surface area contributed by atoms with Crippen LogP contribution in [0.3, 0.4) is 0 Å². The van der Waals surface area contributed by atoms with Crippen molar-refractivity contribution in [3.05, 3.63) is 28.2 Å². The minimum atomic E-state index is -3.67. The second-order valence-corrected chi connectivity index (χ2v) is 7.39. The Bertz CT molecular complexity index is 577. The molecule has 0 aromatic heterocycles. The van der Waals surface area contributed by atoms with Gasteiger partial charge in [0.15, 0.2) is 0 Å². The lowest BCUT2D eigenvalue weighted by Gasteiger charge is -2.30. The molecule has 0 amide bonds. The lowest BCUT2D eigenvalue weighted by molar-refractivity contribution is 0.0493. The van der Waals surface area contributed by atoms with E-state index >= 15 is 0 Å². The standard InChI is InChI=1S/C13H17Cl2NO3S/c1-19-12-5-3-2-4-11(12)16-20(17,18)13-7-6-9(14)8-10(13)15/h6-8,11-12,16H,2-5H2,1H3/t11-,12-/m0/s1. The number of nitrogens with one attached hydrogen (secondary N) is 1. The molecular formula is C13H17Cl2NO3S. The number of methoxy groups -OCH3 is 1. The fourth-order valence-electron chi connectivity index (χ4n) is 2.47. The van der Waals surface area contributed by atoms with E-state index < -0.39 is 10.0 Å². The van der Waals surface area contributed by atoms with Gasteiger partial charge in [0, 0.05) is 18.2 Å². The van der Waals surface area contributed by atoms with Gasteiger partial charge in [-0.2, -0.15) is 0 Å². The van der Waals surface area contributed by atoms with E-state index in [0.29, 0.717) is 5.02 Å². The van der Waals surface area contributed by atoms with Crippen LogP contribution in [0, 0.1) is 0 Å². The fraction of sp³-hybridized carbons (Fsp3) is 0.538. The van der Waals surface area contributed by atoms with Crippen LogP contribution < -0.4 is 4.72 Å². The van der Waals surface area contributed by atoms with E-state index in [1.165, 1.54) is 18.2 Å². The molecule has 0 aliphatic heterocycles. The van der Waals surface area contributed by atoms with Crippen molar-refractivity contribution >= 4 is 33.2 Å². The zero-order chi connectivity index (χ0) is 14.8. The van der Waals surface area contributed by atoms with Crippen molar-refractivity contribution in [1.82, 2.24) is 4.72 Å². The highest BCUT2D eigenvalue weighted by Crippen LogP contribution is 2.27. The number of ether oxygens (including phenoxy) is 1. The van der Waals surface area contributed by atoms with E-state index in [9.17, 15) is 8.42 Å². The molecule has 1 N–H and O–H groups in total. The first-order valence-electron chi connectivity index (χ1n) is 6.44. The van der Waals surface area contributed by atoms with Crippen LogP contribution in [0.25, 0.3) is 0 Å². The molecule has 0 unspecified atom stereocenters. The van der Waals surface area contributed by atoms with E-state index in [1.807, 2.05) is 0 Å². The lowest BCUT2D eigenvalue weighted by Crippen LogP contribution is -2.45. The maximum Gasteiger partial charge on any atom is 0.242 e. The first-order valence-corrected chi connectivity index (χ1v) is 8.68. The molecular weight excluding hydrogens is 321 g/mol. The highest BCUT2D eigenvalue weighted by Gasteiger charge is 2.30. The van der Waals surface area contributed by atoms with Crippen LogP contribution in [-0.4, -0.2) is 27.7 Å². The summed E-state index contributed by atoms with van der Waals surface area (Å²) in [6, 6.07) is 4.13. The van der Waals surface area contributed by atoms with Crippen LogP contribution in [0.15, 0.2) is 23.1 Å². The molecule has 0 spiro atoms. The number of rotatable bonds is 4. The molecule has 0 saturated heterocycles. The third kappa shape index (κ3) is 3.65. The zero-order valence-corrected chi connectivity index (χ0v) is 13.4. The number of benzene rings is 1. The first kappa shape index (κ1) is 16.0. The predicted octanol–water partition coefficient (Wildman–Crippen LogP) is 3.23. The topological polar surface area (TPSA) is 55.4 Å². The Labute approximate surface area is 129 Å². The summed E-state index contributed by atoms with van der Waals surface area (Å²) in [4.78, 5) is 0.0454. The molecule has 0 radical (unpaired) electrons. The van der Waals surface area contributed by atoms with Gasteiger partial charge >= 0.3 is 0 Å². The molecule has 0 bridgehead atoms. The third-order valence-corrected chi connectivity index (χ3v) is 5.70. The zero-order valence-electron chi connectivity index (χ0n) is 11.1. The van der Waals surface area contributed by atoms with Crippen LogP contribution >= 0.6 is 23.2 Å². The van der Waals surface area contributed by atoms with E-state index in [0.717, 1.165) is 25.7 Å². The van der Waals surface area contributed by atoms with Crippen molar-refractivity contribution in [2.75, 3.05) is 7.11 Å². The molecule has 4 nitrogen and oxygen atoms in total. The number of sulfonamides is 1. The molecule has 20 heavy (non-hydrogen) atoms. The van der Waals surface area contributed by atoms with Gasteiger partial charge in [-0.15, -0.1) is 0 Å². The maximum absolute atomic E-state index is 12.4. The normalized spacial score (nSPS) is 23.8. The fourth-order valence-corrected chi connectivity index (χ4v) is 4.54. The number of hydrogen-bond acceptors (Lipinski definition) is 3. The second kappa shape index (κ2) is 6.62. The molecule has 1 aromatic rings. The molecule has 112 valence electrons. The Morgan fingerprint density at radius 1 is 1.25 bits per heavy atom. The Hall–Kier alpha value is -0.330. The highest BCUT2D eigenvalue weighted by molar-refractivity contribution is 7.89. The third-order valence-electron chi connectivity index (χ3n) is 3.50. The SMILES string of the molecule is CO[C@H]1CCCC[C@@H]1NS(=O)(=O)c1ccc(Cl)cc1Cl. The molecule has 1 aromatic carbocycles. The molecule has 0 heterocycles. The van der Waals surface area contributed by atoms with Gasteiger partial charge in [-0.25, -0.2) is 13.1 Å². The summed E-state index contributed by atoms with van der Waals surface area (Å²) in [5.74, 6) is 0. The molecule has 1 aliphatic carbocycles. The average Bonchev–Trinajstić information content (AvgIpc) is 2.38. The van der Waals surface area contributed by atoms with Crippen LogP contribution in [0.1, 0.15) is 25.7 Å². The van der Waals surface area contributed by atoms with Crippen molar-refractivity contribution in [3.8, 4) is 0 Å². The summed E-state index contributed by atoms with van der Waals surface area (Å²) in [5.41, 5.74) is 0. The van der Waals surface area contributed by atoms with E-state index in [2.05, 4.69) is 4.72 Å². The maximum atomic E-state index is 12.4. The predicted molar refractivity (Wildman–Crippen MR) is 79.8 cm³/mol. The largest absolute Gasteiger partial charge is 0.380 e. The van der Waals surface area contributed by atoms with Gasteiger partial charge in [0.1, 0.15) is 4.90 Å². The van der Waals surface area contributed by atoms with Crippen LogP contribution in [0.5, 0.6) is 0 Å². The molecule has 1 fully saturated rings. The summed E-state index contributed by atoms with van der Waals surface area (Å²) in [6.07, 6.45) is 3.57. The van der Waals surface area contributed by atoms with Crippen molar-refractivity contribution in [2.45, 2.75) is 42.7 Å². The van der Waals surface area contributed by atoms with Gasteiger partial charge in [-0.1, -0.05) is 36.0 Å². The average molecular weight is 338 g/mol. The molecule has 2 rings (SSSR count). The van der Waals surface area contributed by atoms with Gasteiger partial charge in [0.2, 0.25) is 10.0 Å². The second-order valence-electron chi connectivity index (χ2n) is 4.86. The van der Waals surface area contributed by atoms with Gasteiger partial charge in [-0.05, 0) is 31.0 Å². The summed E-state index contributed by atoms with van der Waals surface area (Å²) < 4.78 is 32.8. The number of halogens is 2. The Balaban J connectivity index is 2.22. The summed E-state index contributed by atoms with van der Waals surface area (Å²) >= 11 is 11.8. The van der Waals surface area contributed by atoms with E-state index in [4.69, 9.17) is 27.9 Å². The molecule has 1 saturated carbocycles. The Kier molecular flexibility index (Phi) is 5.31. The lowest BCUT2D eigenvalue weighted by atomic mass is 9.93. The summed E-state index contributed by atoms with van der Waals surface area (Å²) in [6.45, 7) is 0. The van der Waals surface area contributed by atoms with Crippen molar-refractivity contribution in [1.29, 1.82) is 0 Å². The van der Waals surface area contributed by atoms with Gasteiger partial charge in [-0.3, -0.25) is 0 Å². The molecule has 2 atom stereocenters.